The molecule has 0 fully saturated rings. The minimum atomic E-state index is -0.580. The maximum absolute atomic E-state index is 12.3. The quantitative estimate of drug-likeness (QED) is 0.875. The maximum atomic E-state index is 12.3. The summed E-state index contributed by atoms with van der Waals surface area (Å²) in [5.41, 5.74) is 0.730. The molecule has 0 aliphatic heterocycles. The zero-order valence-electron chi connectivity index (χ0n) is 13.1. The van der Waals surface area contributed by atoms with Crippen molar-refractivity contribution in [1.82, 2.24) is 4.98 Å². The summed E-state index contributed by atoms with van der Waals surface area (Å²) in [7, 11) is 1.54. The van der Waals surface area contributed by atoms with Crippen LogP contribution in [0.1, 0.15) is 28.5 Å². The van der Waals surface area contributed by atoms with Crippen molar-refractivity contribution in [2.75, 3.05) is 13.7 Å². The molecule has 23 heavy (non-hydrogen) atoms. The summed E-state index contributed by atoms with van der Waals surface area (Å²) in [6.45, 7) is 3.49. The van der Waals surface area contributed by atoms with Gasteiger partial charge in [-0.05, 0) is 31.5 Å². The topological polar surface area (TPSA) is 92.2 Å². The highest BCUT2D eigenvalue weighted by Crippen LogP contribution is 2.29. The summed E-state index contributed by atoms with van der Waals surface area (Å²) in [6, 6.07) is 8.65. The number of nitrogens with zero attached hydrogens (tertiary/aromatic N) is 1. The Morgan fingerprint density at radius 2 is 1.96 bits per heavy atom. The lowest BCUT2D eigenvalue weighted by molar-refractivity contribution is 0.0526. The number of carbonyl (C=O) groups excluding carboxylic acids is 1. The molecule has 0 bridgehead atoms. The van der Waals surface area contributed by atoms with Gasteiger partial charge in [-0.1, -0.05) is 12.1 Å². The number of rotatable bonds is 4. The normalized spacial score (nSPS) is 10.0. The fraction of sp³-hybridized carbons (Fsp3) is 0.235. The number of nitriles is 1. The molecule has 0 radical (unpaired) electrons. The third-order valence-electron chi connectivity index (χ3n) is 3.37. The van der Waals surface area contributed by atoms with E-state index < -0.39 is 11.5 Å². The van der Waals surface area contributed by atoms with Crippen molar-refractivity contribution < 1.29 is 14.3 Å². The van der Waals surface area contributed by atoms with Crippen molar-refractivity contribution in [2.45, 2.75) is 13.8 Å². The summed E-state index contributed by atoms with van der Waals surface area (Å²) >= 11 is 0. The molecule has 1 heterocycles. The Bertz CT molecular complexity index is 829. The molecule has 1 aromatic heterocycles. The van der Waals surface area contributed by atoms with Crippen LogP contribution < -0.4 is 10.3 Å². The molecule has 0 aliphatic rings. The molecule has 1 aromatic carbocycles. The number of pyridine rings is 1. The molecule has 0 unspecified atom stereocenters. The van der Waals surface area contributed by atoms with Gasteiger partial charge in [-0.15, -0.1) is 0 Å². The number of methoxy groups -OCH3 is 1. The number of aromatic nitrogens is 1. The van der Waals surface area contributed by atoms with Crippen LogP contribution in [0.5, 0.6) is 5.75 Å². The van der Waals surface area contributed by atoms with Gasteiger partial charge in [0.2, 0.25) is 0 Å². The summed E-state index contributed by atoms with van der Waals surface area (Å²) in [5, 5.41) is 9.34. The molecule has 118 valence electrons. The zero-order chi connectivity index (χ0) is 17.0. The van der Waals surface area contributed by atoms with E-state index in [1.165, 1.54) is 7.11 Å². The summed E-state index contributed by atoms with van der Waals surface area (Å²) in [6.07, 6.45) is 0. The number of hydrogen-bond acceptors (Lipinski definition) is 5. The predicted octanol–water partition coefficient (Wildman–Crippen LogP) is 2.41. The van der Waals surface area contributed by atoms with Crippen LogP contribution in [0, 0.1) is 18.3 Å². The van der Waals surface area contributed by atoms with Crippen LogP contribution in [0.3, 0.4) is 0 Å². The fourth-order valence-corrected chi connectivity index (χ4v) is 2.33. The van der Waals surface area contributed by atoms with Gasteiger partial charge < -0.3 is 14.5 Å². The largest absolute Gasteiger partial charge is 0.497 e. The Hall–Kier alpha value is -3.07. The first-order chi connectivity index (χ1) is 11.0. The van der Waals surface area contributed by atoms with Gasteiger partial charge in [0.25, 0.3) is 5.56 Å². The van der Waals surface area contributed by atoms with Crippen molar-refractivity contribution >= 4 is 5.97 Å². The minimum Gasteiger partial charge on any atom is -0.497 e. The third-order valence-corrected chi connectivity index (χ3v) is 3.37. The first-order valence-electron chi connectivity index (χ1n) is 7.02. The van der Waals surface area contributed by atoms with Crippen LogP contribution in [-0.2, 0) is 4.74 Å². The number of carbonyl (C=O) groups is 1. The van der Waals surface area contributed by atoms with Gasteiger partial charge in [0.1, 0.15) is 17.4 Å². The summed E-state index contributed by atoms with van der Waals surface area (Å²) in [4.78, 5) is 26.9. The van der Waals surface area contributed by atoms with Crippen LogP contribution >= 0.6 is 0 Å². The molecular formula is C17H16N2O4. The van der Waals surface area contributed by atoms with E-state index in [4.69, 9.17) is 9.47 Å². The highest BCUT2D eigenvalue weighted by molar-refractivity contribution is 5.99. The average Bonchev–Trinajstić information content (AvgIpc) is 2.54. The molecule has 0 amide bonds. The number of H-pyrrole nitrogens is 1. The average molecular weight is 312 g/mol. The number of aryl methyl sites for hydroxylation is 1. The third kappa shape index (κ3) is 3.09. The monoisotopic (exact) mass is 312 g/mol. The molecule has 0 atom stereocenters. The maximum Gasteiger partial charge on any atom is 0.340 e. The van der Waals surface area contributed by atoms with Crippen molar-refractivity contribution in [2.24, 2.45) is 0 Å². The van der Waals surface area contributed by atoms with Gasteiger partial charge in [0, 0.05) is 11.3 Å². The number of benzene rings is 1. The minimum absolute atomic E-state index is 0.121. The van der Waals surface area contributed by atoms with Crippen LogP contribution in [0.4, 0.5) is 0 Å². The zero-order valence-corrected chi connectivity index (χ0v) is 13.1. The number of hydrogen-bond donors (Lipinski definition) is 1. The highest BCUT2D eigenvalue weighted by Gasteiger charge is 2.23. The second kappa shape index (κ2) is 6.79. The van der Waals surface area contributed by atoms with E-state index in [-0.39, 0.29) is 23.3 Å². The Kier molecular flexibility index (Phi) is 4.82. The van der Waals surface area contributed by atoms with Crippen LogP contribution in [0.25, 0.3) is 11.1 Å². The van der Waals surface area contributed by atoms with E-state index in [9.17, 15) is 14.9 Å². The highest BCUT2D eigenvalue weighted by atomic mass is 16.5. The van der Waals surface area contributed by atoms with Gasteiger partial charge in [-0.3, -0.25) is 4.79 Å². The molecule has 6 nitrogen and oxygen atoms in total. The molecule has 1 N–H and O–H groups in total. The molecule has 2 aromatic rings. The number of nitrogens with one attached hydrogen (secondary N) is 1. The molecule has 2 rings (SSSR count). The number of aromatic amines is 1. The van der Waals surface area contributed by atoms with E-state index >= 15 is 0 Å². The van der Waals surface area contributed by atoms with Crippen molar-refractivity contribution in [3.63, 3.8) is 0 Å². The molecule has 0 aliphatic carbocycles. The van der Waals surface area contributed by atoms with E-state index in [1.54, 1.807) is 38.1 Å². The Morgan fingerprint density at radius 1 is 1.30 bits per heavy atom. The lowest BCUT2D eigenvalue weighted by Crippen LogP contribution is -2.20. The first kappa shape index (κ1) is 16.3. The smallest absolute Gasteiger partial charge is 0.340 e. The lowest BCUT2D eigenvalue weighted by atomic mass is 9.95. The van der Waals surface area contributed by atoms with Gasteiger partial charge in [0.15, 0.2) is 0 Å². The van der Waals surface area contributed by atoms with Crippen LogP contribution in [0.2, 0.25) is 0 Å². The molecule has 0 saturated carbocycles. The van der Waals surface area contributed by atoms with E-state index in [0.29, 0.717) is 17.0 Å². The molecule has 6 heteroatoms. The summed E-state index contributed by atoms with van der Waals surface area (Å²) < 4.78 is 10.2. The molecule has 0 saturated heterocycles. The first-order valence-corrected chi connectivity index (χ1v) is 7.02. The predicted molar refractivity (Wildman–Crippen MR) is 84.5 cm³/mol. The Balaban J connectivity index is 2.79. The van der Waals surface area contributed by atoms with Gasteiger partial charge >= 0.3 is 5.97 Å². The van der Waals surface area contributed by atoms with Crippen LogP contribution in [-0.4, -0.2) is 24.7 Å². The standard InChI is InChI=1S/C17H16N2O4/c1-4-23-17(21)14-10(2)19-16(20)13(9-18)15(14)11-5-7-12(22-3)8-6-11/h5-8H,4H2,1-3H3,(H,19,20). The fourth-order valence-electron chi connectivity index (χ4n) is 2.33. The lowest BCUT2D eigenvalue weighted by Gasteiger charge is -2.13. The van der Waals surface area contributed by atoms with Gasteiger partial charge in [-0.2, -0.15) is 5.26 Å². The van der Waals surface area contributed by atoms with Crippen molar-refractivity contribution in [3.05, 3.63) is 51.4 Å². The molecular weight excluding hydrogens is 296 g/mol. The van der Waals surface area contributed by atoms with Crippen molar-refractivity contribution in [1.29, 1.82) is 5.26 Å². The van der Waals surface area contributed by atoms with Crippen molar-refractivity contribution in [3.8, 4) is 22.9 Å². The second-order valence-electron chi connectivity index (χ2n) is 4.76. The van der Waals surface area contributed by atoms with Gasteiger partial charge in [-0.25, -0.2) is 4.79 Å². The van der Waals surface area contributed by atoms with E-state index in [2.05, 4.69) is 4.98 Å². The Labute approximate surface area is 133 Å². The number of ether oxygens (including phenoxy) is 2. The van der Waals surface area contributed by atoms with E-state index in [0.717, 1.165) is 0 Å². The van der Waals surface area contributed by atoms with Crippen LogP contribution in [0.15, 0.2) is 29.1 Å². The molecule has 0 spiro atoms. The Morgan fingerprint density at radius 3 is 2.48 bits per heavy atom. The van der Waals surface area contributed by atoms with Gasteiger partial charge in [0.05, 0.1) is 19.3 Å². The summed E-state index contributed by atoms with van der Waals surface area (Å²) in [5.74, 6) is 0.0510. The number of esters is 1. The SMILES string of the molecule is CCOC(=O)c1c(C)[nH]c(=O)c(C#N)c1-c1ccc(OC)cc1. The van der Waals surface area contributed by atoms with E-state index in [1.807, 2.05) is 6.07 Å². The second-order valence-corrected chi connectivity index (χ2v) is 4.76.